The van der Waals surface area contributed by atoms with Gasteiger partial charge in [0.1, 0.15) is 4.90 Å². The maximum absolute atomic E-state index is 12.4. The van der Waals surface area contributed by atoms with Crippen LogP contribution in [0.5, 0.6) is 0 Å². The van der Waals surface area contributed by atoms with Crippen LogP contribution in [0, 0.1) is 0 Å². The fraction of sp³-hybridized carbons (Fsp3) is 0.417. The van der Waals surface area contributed by atoms with Crippen LogP contribution in [0.25, 0.3) is 0 Å². The maximum atomic E-state index is 12.4. The van der Waals surface area contributed by atoms with E-state index in [0.717, 1.165) is 4.31 Å². The van der Waals surface area contributed by atoms with E-state index in [2.05, 4.69) is 0 Å². The van der Waals surface area contributed by atoms with Crippen molar-refractivity contribution in [2.24, 2.45) is 0 Å². The summed E-state index contributed by atoms with van der Waals surface area (Å²) in [5.74, 6) is 0.174. The molecular weight excluding hydrogens is 323 g/mol. The van der Waals surface area contributed by atoms with Gasteiger partial charge >= 0.3 is 0 Å². The smallest absolute Gasteiger partial charge is 0.270 e. The molecule has 0 saturated carbocycles. The molecule has 110 valence electrons. The number of nitrogens with zero attached hydrogens (tertiary/aromatic N) is 2. The molecule has 0 spiro atoms. The van der Waals surface area contributed by atoms with E-state index >= 15 is 0 Å². The lowest BCUT2D eigenvalue weighted by Crippen LogP contribution is -2.42. The number of halogens is 2. The van der Waals surface area contributed by atoms with E-state index in [1.165, 1.54) is 12.1 Å². The largest absolute Gasteiger partial charge is 0.283 e. The van der Waals surface area contributed by atoms with Crippen LogP contribution in [-0.2, 0) is 10.0 Å². The first kappa shape index (κ1) is 15.6. The zero-order valence-electron chi connectivity index (χ0n) is 10.6. The van der Waals surface area contributed by atoms with Crippen molar-refractivity contribution in [3.8, 4) is 0 Å². The topological polar surface area (TPSA) is 57.7 Å². The van der Waals surface area contributed by atoms with Crippen molar-refractivity contribution in [1.29, 1.82) is 0 Å². The van der Waals surface area contributed by atoms with E-state index in [9.17, 15) is 13.2 Å². The first-order valence-electron chi connectivity index (χ1n) is 6.02. The fourth-order valence-electron chi connectivity index (χ4n) is 2.04. The number of carbonyl (C=O) groups excluding carboxylic acids is 1. The first-order chi connectivity index (χ1) is 9.52. The quantitative estimate of drug-likeness (QED) is 0.740. The molecule has 0 aromatic heterocycles. The number of hydrogen-bond acceptors (Lipinski definition) is 4. The summed E-state index contributed by atoms with van der Waals surface area (Å²) in [4.78, 5) is 14.0. The summed E-state index contributed by atoms with van der Waals surface area (Å²) >= 11 is 11.4. The minimum absolute atomic E-state index is 0.0325. The van der Waals surface area contributed by atoms with Crippen LogP contribution in [0.1, 0.15) is 10.4 Å². The number of amides is 1. The number of sulfonamides is 1. The Hall–Kier alpha value is -0.820. The van der Waals surface area contributed by atoms with Crippen molar-refractivity contribution in [2.45, 2.75) is 4.90 Å². The normalized spacial score (nSPS) is 16.8. The lowest BCUT2D eigenvalue weighted by molar-refractivity contribution is 0.0809. The zero-order chi connectivity index (χ0) is 14.8. The van der Waals surface area contributed by atoms with Crippen LogP contribution >= 0.6 is 23.2 Å². The first-order valence-corrected chi connectivity index (χ1v) is 8.53. The molecule has 0 N–H and O–H groups in total. The monoisotopic (exact) mass is 336 g/mol. The van der Waals surface area contributed by atoms with E-state index in [1.54, 1.807) is 17.0 Å². The lowest BCUT2D eigenvalue weighted by atomic mass is 10.2. The molecule has 0 saturated heterocycles. The van der Waals surface area contributed by atoms with Gasteiger partial charge in [0.25, 0.3) is 15.9 Å². The van der Waals surface area contributed by atoms with Crippen molar-refractivity contribution in [1.82, 2.24) is 9.21 Å². The van der Waals surface area contributed by atoms with Gasteiger partial charge in [-0.3, -0.25) is 9.69 Å². The van der Waals surface area contributed by atoms with Gasteiger partial charge in [0, 0.05) is 24.8 Å². The van der Waals surface area contributed by atoms with Crippen molar-refractivity contribution < 1.29 is 13.2 Å². The standard InChI is InChI=1S/C12H14Cl2N2O3S/c13-5-7-15(8-6-14)9-16-12(17)10-3-1-2-4-11(10)20(16,18)19/h1-4H,5-9H2. The van der Waals surface area contributed by atoms with Gasteiger partial charge in [-0.1, -0.05) is 12.1 Å². The lowest BCUT2D eigenvalue weighted by Gasteiger charge is -2.25. The Morgan fingerprint density at radius 3 is 2.25 bits per heavy atom. The third-order valence-electron chi connectivity index (χ3n) is 3.04. The number of rotatable bonds is 6. The molecular formula is C12H14Cl2N2O3S. The van der Waals surface area contributed by atoms with Crippen molar-refractivity contribution in [2.75, 3.05) is 31.5 Å². The number of carbonyl (C=O) groups is 1. The molecule has 1 aromatic carbocycles. The third-order valence-corrected chi connectivity index (χ3v) is 5.15. The van der Waals surface area contributed by atoms with E-state index in [1.807, 2.05) is 0 Å². The van der Waals surface area contributed by atoms with Crippen LogP contribution in [0.2, 0.25) is 0 Å². The van der Waals surface area contributed by atoms with Crippen LogP contribution in [0.15, 0.2) is 29.2 Å². The molecule has 0 aliphatic carbocycles. The molecule has 1 aromatic rings. The Labute approximate surface area is 128 Å². The van der Waals surface area contributed by atoms with Crippen molar-refractivity contribution in [3.05, 3.63) is 29.8 Å². The third kappa shape index (κ3) is 2.79. The van der Waals surface area contributed by atoms with Crippen LogP contribution in [0.3, 0.4) is 0 Å². The molecule has 0 radical (unpaired) electrons. The average Bonchev–Trinajstić information content (AvgIpc) is 2.61. The van der Waals surface area contributed by atoms with Gasteiger partial charge in [-0.2, -0.15) is 0 Å². The summed E-state index contributed by atoms with van der Waals surface area (Å²) in [6, 6.07) is 6.20. The second kappa shape index (κ2) is 6.30. The van der Waals surface area contributed by atoms with Crippen LogP contribution < -0.4 is 0 Å². The molecule has 0 fully saturated rings. The summed E-state index contributed by atoms with van der Waals surface area (Å²) in [7, 11) is -3.77. The molecule has 0 atom stereocenters. The number of benzene rings is 1. The minimum Gasteiger partial charge on any atom is -0.283 e. The van der Waals surface area contributed by atoms with Gasteiger partial charge < -0.3 is 0 Å². The van der Waals surface area contributed by atoms with E-state index in [-0.39, 0.29) is 17.1 Å². The zero-order valence-corrected chi connectivity index (χ0v) is 13.0. The summed E-state index contributed by atoms with van der Waals surface area (Å²) in [6.07, 6.45) is 0. The Balaban J connectivity index is 2.28. The Bertz CT molecular complexity index is 600. The predicted octanol–water partition coefficient (Wildman–Crippen LogP) is 1.57. The van der Waals surface area contributed by atoms with E-state index < -0.39 is 15.9 Å². The highest BCUT2D eigenvalue weighted by molar-refractivity contribution is 7.90. The molecule has 0 unspecified atom stereocenters. The van der Waals surface area contributed by atoms with Crippen molar-refractivity contribution in [3.63, 3.8) is 0 Å². The van der Waals surface area contributed by atoms with Gasteiger partial charge in [0.15, 0.2) is 0 Å². The number of hydrogen-bond donors (Lipinski definition) is 0. The molecule has 1 amide bonds. The highest BCUT2D eigenvalue weighted by Gasteiger charge is 2.41. The molecule has 5 nitrogen and oxygen atoms in total. The van der Waals surface area contributed by atoms with E-state index in [0.29, 0.717) is 24.8 Å². The van der Waals surface area contributed by atoms with Crippen LogP contribution in [0.4, 0.5) is 0 Å². The second-order valence-corrected chi connectivity index (χ2v) is 6.88. The highest BCUT2D eigenvalue weighted by atomic mass is 35.5. The SMILES string of the molecule is O=C1c2ccccc2S(=O)(=O)N1CN(CCCl)CCCl. The van der Waals surface area contributed by atoms with Crippen molar-refractivity contribution >= 4 is 39.1 Å². The Kier molecular flexibility index (Phi) is 4.90. The van der Waals surface area contributed by atoms with Gasteiger partial charge in [-0.15, -0.1) is 23.2 Å². The van der Waals surface area contributed by atoms with Gasteiger partial charge in [0.05, 0.1) is 12.2 Å². The van der Waals surface area contributed by atoms with Gasteiger partial charge in [-0.05, 0) is 12.1 Å². The summed E-state index contributed by atoms with van der Waals surface area (Å²) in [5.41, 5.74) is 0.212. The summed E-state index contributed by atoms with van der Waals surface area (Å²) in [5, 5.41) is 0. The minimum atomic E-state index is -3.77. The number of alkyl halides is 2. The Morgan fingerprint density at radius 1 is 1.10 bits per heavy atom. The molecule has 1 aliphatic rings. The predicted molar refractivity (Wildman–Crippen MR) is 77.7 cm³/mol. The Morgan fingerprint density at radius 2 is 1.70 bits per heavy atom. The number of fused-ring (bicyclic) bond motifs is 1. The van der Waals surface area contributed by atoms with Crippen LogP contribution in [-0.4, -0.2) is 55.0 Å². The van der Waals surface area contributed by atoms with Gasteiger partial charge in [-0.25, -0.2) is 12.7 Å². The maximum Gasteiger partial charge on any atom is 0.270 e. The average molecular weight is 337 g/mol. The molecule has 8 heteroatoms. The summed E-state index contributed by atoms with van der Waals surface area (Å²) in [6.45, 7) is 0.892. The molecule has 1 aliphatic heterocycles. The fourth-order valence-corrected chi connectivity index (χ4v) is 4.08. The van der Waals surface area contributed by atoms with Gasteiger partial charge in [0.2, 0.25) is 0 Å². The molecule has 1 heterocycles. The molecule has 2 rings (SSSR count). The second-order valence-electron chi connectivity index (χ2n) is 4.29. The summed E-state index contributed by atoms with van der Waals surface area (Å²) < 4.78 is 25.6. The molecule has 20 heavy (non-hydrogen) atoms. The van der Waals surface area contributed by atoms with E-state index in [4.69, 9.17) is 23.2 Å². The highest BCUT2D eigenvalue weighted by Crippen LogP contribution is 2.29. The molecule has 0 bridgehead atoms.